The summed E-state index contributed by atoms with van der Waals surface area (Å²) in [7, 11) is 0. The summed E-state index contributed by atoms with van der Waals surface area (Å²) in [5.74, 6) is 3.47. The maximum Gasteiger partial charge on any atom is 0.148 e. The molecule has 1 heterocycles. The first-order valence-electron chi connectivity index (χ1n) is 5.72. The monoisotopic (exact) mass is 225 g/mol. The summed E-state index contributed by atoms with van der Waals surface area (Å²) in [6.45, 7) is 2.79. The van der Waals surface area contributed by atoms with Crippen LogP contribution < -0.4 is 5.32 Å². The molecule has 17 heavy (non-hydrogen) atoms. The van der Waals surface area contributed by atoms with Crippen LogP contribution in [0.2, 0.25) is 0 Å². The molecule has 0 atom stereocenters. The van der Waals surface area contributed by atoms with Gasteiger partial charge in [-0.05, 0) is 25.5 Å². The molecule has 3 nitrogen and oxygen atoms in total. The molecule has 1 aromatic carbocycles. The number of para-hydroxylation sites is 2. The highest BCUT2D eigenvalue weighted by Gasteiger charge is 2.03. The number of rotatable bonds is 4. The van der Waals surface area contributed by atoms with E-state index in [1.165, 1.54) is 0 Å². The number of hydrogen-bond donors (Lipinski definition) is 1. The fraction of sp³-hybridized carbons (Fsp3) is 0.286. The zero-order chi connectivity index (χ0) is 12.1. The van der Waals surface area contributed by atoms with Gasteiger partial charge in [0.2, 0.25) is 0 Å². The van der Waals surface area contributed by atoms with Gasteiger partial charge < -0.3 is 5.32 Å². The summed E-state index contributed by atoms with van der Waals surface area (Å²) in [5.41, 5.74) is 2.76. The van der Waals surface area contributed by atoms with E-state index >= 15 is 0 Å². The molecule has 0 bridgehead atoms. The molecule has 0 amide bonds. The molecule has 0 saturated carbocycles. The predicted molar refractivity (Wildman–Crippen MR) is 70.8 cm³/mol. The van der Waals surface area contributed by atoms with E-state index in [0.29, 0.717) is 0 Å². The Kier molecular flexibility index (Phi) is 3.56. The lowest BCUT2D eigenvalue weighted by molar-refractivity contribution is 0.898. The van der Waals surface area contributed by atoms with Crippen molar-refractivity contribution in [1.82, 2.24) is 9.97 Å². The number of anilines is 1. The summed E-state index contributed by atoms with van der Waals surface area (Å²) >= 11 is 0. The maximum atomic E-state index is 5.21. The van der Waals surface area contributed by atoms with Gasteiger partial charge in [-0.1, -0.05) is 12.1 Å². The van der Waals surface area contributed by atoms with Crippen molar-refractivity contribution >= 4 is 16.9 Å². The molecular formula is C14H15N3. The Morgan fingerprint density at radius 1 is 1.24 bits per heavy atom. The number of terminal acetylenes is 1. The molecule has 0 saturated heterocycles. The van der Waals surface area contributed by atoms with Crippen molar-refractivity contribution in [1.29, 1.82) is 0 Å². The second-order valence-corrected chi connectivity index (χ2v) is 3.88. The molecule has 0 aliphatic rings. The van der Waals surface area contributed by atoms with Crippen molar-refractivity contribution in [3.63, 3.8) is 0 Å². The van der Waals surface area contributed by atoms with Crippen LogP contribution >= 0.6 is 0 Å². The van der Waals surface area contributed by atoms with Gasteiger partial charge in [-0.25, -0.2) is 9.97 Å². The Labute approximate surface area is 101 Å². The van der Waals surface area contributed by atoms with Crippen LogP contribution in [-0.4, -0.2) is 16.5 Å². The second-order valence-electron chi connectivity index (χ2n) is 3.88. The first kappa shape index (κ1) is 11.4. The van der Waals surface area contributed by atoms with Crippen LogP contribution in [0.5, 0.6) is 0 Å². The highest BCUT2D eigenvalue weighted by molar-refractivity contribution is 5.76. The van der Waals surface area contributed by atoms with Crippen LogP contribution in [0.1, 0.15) is 18.5 Å². The molecule has 86 valence electrons. The molecule has 0 unspecified atom stereocenters. The van der Waals surface area contributed by atoms with Crippen LogP contribution in [0.4, 0.5) is 5.82 Å². The van der Waals surface area contributed by atoms with Gasteiger partial charge in [0, 0.05) is 13.0 Å². The summed E-state index contributed by atoms with van der Waals surface area (Å²) in [6.07, 6.45) is 6.94. The normalized spacial score (nSPS) is 10.1. The summed E-state index contributed by atoms with van der Waals surface area (Å²) in [5, 5.41) is 3.27. The van der Waals surface area contributed by atoms with Gasteiger partial charge in [0.25, 0.3) is 0 Å². The molecule has 1 aromatic heterocycles. The molecule has 0 aliphatic carbocycles. The Morgan fingerprint density at radius 3 is 2.65 bits per heavy atom. The van der Waals surface area contributed by atoms with Gasteiger partial charge in [0.15, 0.2) is 0 Å². The van der Waals surface area contributed by atoms with Crippen molar-refractivity contribution in [3.8, 4) is 12.3 Å². The first-order chi connectivity index (χ1) is 8.31. The van der Waals surface area contributed by atoms with Gasteiger partial charge in [0.05, 0.1) is 16.7 Å². The number of nitrogens with zero attached hydrogens (tertiary/aromatic N) is 2. The van der Waals surface area contributed by atoms with Crippen LogP contribution in [0, 0.1) is 19.3 Å². The van der Waals surface area contributed by atoms with E-state index in [-0.39, 0.29) is 0 Å². The quantitative estimate of drug-likeness (QED) is 0.642. The first-order valence-corrected chi connectivity index (χ1v) is 5.72. The van der Waals surface area contributed by atoms with Crippen molar-refractivity contribution in [3.05, 3.63) is 30.0 Å². The SMILES string of the molecule is C#CCCCNc1nc2ccccc2nc1C. The highest BCUT2D eigenvalue weighted by atomic mass is 15.0. The fourth-order valence-corrected chi connectivity index (χ4v) is 1.65. The van der Waals surface area contributed by atoms with Gasteiger partial charge >= 0.3 is 0 Å². The lowest BCUT2D eigenvalue weighted by Crippen LogP contribution is -2.06. The average Bonchev–Trinajstić information content (AvgIpc) is 2.35. The number of fused-ring (bicyclic) bond motifs is 1. The number of hydrogen-bond acceptors (Lipinski definition) is 3. The van der Waals surface area contributed by atoms with E-state index in [9.17, 15) is 0 Å². The largest absolute Gasteiger partial charge is 0.369 e. The van der Waals surface area contributed by atoms with Crippen LogP contribution in [0.25, 0.3) is 11.0 Å². The summed E-state index contributed by atoms with van der Waals surface area (Å²) < 4.78 is 0. The molecule has 2 aromatic rings. The average molecular weight is 225 g/mol. The van der Waals surface area contributed by atoms with Crippen LogP contribution in [0.15, 0.2) is 24.3 Å². The van der Waals surface area contributed by atoms with Crippen molar-refractivity contribution in [2.24, 2.45) is 0 Å². The zero-order valence-electron chi connectivity index (χ0n) is 9.90. The topological polar surface area (TPSA) is 37.8 Å². The number of unbranched alkanes of at least 4 members (excludes halogenated alkanes) is 1. The van der Waals surface area contributed by atoms with Gasteiger partial charge in [-0.15, -0.1) is 12.3 Å². The molecular weight excluding hydrogens is 210 g/mol. The van der Waals surface area contributed by atoms with Crippen molar-refractivity contribution in [2.75, 3.05) is 11.9 Å². The Morgan fingerprint density at radius 2 is 1.94 bits per heavy atom. The Hall–Kier alpha value is -2.08. The molecule has 1 N–H and O–H groups in total. The molecule has 0 fully saturated rings. The third-order valence-corrected chi connectivity index (χ3v) is 2.54. The highest BCUT2D eigenvalue weighted by Crippen LogP contribution is 2.15. The Bertz CT molecular complexity index is 555. The molecule has 2 rings (SSSR count). The third kappa shape index (κ3) is 2.73. The van der Waals surface area contributed by atoms with Gasteiger partial charge in [-0.2, -0.15) is 0 Å². The molecule has 3 heteroatoms. The maximum absolute atomic E-state index is 5.21. The number of aromatic nitrogens is 2. The molecule has 0 radical (unpaired) electrons. The lowest BCUT2D eigenvalue weighted by atomic mass is 10.3. The molecule has 0 aliphatic heterocycles. The minimum atomic E-state index is 0.785. The van der Waals surface area contributed by atoms with E-state index in [2.05, 4.69) is 21.2 Å². The fourth-order valence-electron chi connectivity index (χ4n) is 1.65. The smallest absolute Gasteiger partial charge is 0.148 e. The van der Waals surface area contributed by atoms with Crippen molar-refractivity contribution in [2.45, 2.75) is 19.8 Å². The summed E-state index contributed by atoms with van der Waals surface area (Å²) in [4.78, 5) is 9.06. The number of benzene rings is 1. The zero-order valence-corrected chi connectivity index (χ0v) is 9.90. The van der Waals surface area contributed by atoms with Gasteiger partial charge in [0.1, 0.15) is 5.82 Å². The van der Waals surface area contributed by atoms with Crippen molar-refractivity contribution < 1.29 is 0 Å². The lowest BCUT2D eigenvalue weighted by Gasteiger charge is -2.08. The predicted octanol–water partition coefficient (Wildman–Crippen LogP) is 2.76. The van der Waals surface area contributed by atoms with E-state index in [4.69, 9.17) is 6.42 Å². The number of nitrogens with one attached hydrogen (secondary N) is 1. The van der Waals surface area contributed by atoms with E-state index < -0.39 is 0 Å². The van der Waals surface area contributed by atoms with E-state index in [0.717, 1.165) is 41.9 Å². The summed E-state index contributed by atoms with van der Waals surface area (Å²) in [6, 6.07) is 7.87. The van der Waals surface area contributed by atoms with E-state index in [1.807, 2.05) is 31.2 Å². The minimum Gasteiger partial charge on any atom is -0.369 e. The standard InChI is InChI=1S/C14H15N3/c1-3-4-7-10-15-14-11(2)16-12-8-5-6-9-13(12)17-14/h1,5-6,8-9H,4,7,10H2,2H3,(H,15,17). The molecule has 0 spiro atoms. The van der Waals surface area contributed by atoms with Crippen LogP contribution in [-0.2, 0) is 0 Å². The minimum absolute atomic E-state index is 0.785. The second kappa shape index (κ2) is 5.31. The third-order valence-electron chi connectivity index (χ3n) is 2.54. The van der Waals surface area contributed by atoms with Crippen LogP contribution in [0.3, 0.4) is 0 Å². The Balaban J connectivity index is 2.17. The number of aryl methyl sites for hydroxylation is 1. The van der Waals surface area contributed by atoms with E-state index in [1.54, 1.807) is 0 Å². The van der Waals surface area contributed by atoms with Gasteiger partial charge in [-0.3, -0.25) is 0 Å².